The molecular formula is C26H20Cl2N2O6. The zero-order valence-electron chi connectivity index (χ0n) is 19.0. The van der Waals surface area contributed by atoms with Crippen LogP contribution in [0.1, 0.15) is 27.0 Å². The third-order valence-corrected chi connectivity index (χ3v) is 5.99. The summed E-state index contributed by atoms with van der Waals surface area (Å²) < 4.78 is 11.2. The topological polar surface area (TPSA) is 105 Å². The van der Waals surface area contributed by atoms with Gasteiger partial charge in [0.2, 0.25) is 0 Å². The van der Waals surface area contributed by atoms with Crippen molar-refractivity contribution in [3.05, 3.63) is 98.7 Å². The largest absolute Gasteiger partial charge is 0.493 e. The smallest absolute Gasteiger partial charge is 0.335 e. The lowest BCUT2D eigenvalue weighted by Gasteiger charge is -2.13. The minimum Gasteiger partial charge on any atom is -0.493 e. The number of amides is 3. The van der Waals surface area contributed by atoms with Gasteiger partial charge in [-0.25, -0.2) is 9.59 Å². The molecule has 3 amide bonds. The highest BCUT2D eigenvalue weighted by Crippen LogP contribution is 2.30. The Bertz CT molecular complexity index is 1370. The van der Waals surface area contributed by atoms with E-state index in [-0.39, 0.29) is 24.4 Å². The molecule has 10 heteroatoms. The van der Waals surface area contributed by atoms with Gasteiger partial charge in [0, 0.05) is 10.0 Å². The molecule has 8 nitrogen and oxygen atoms in total. The third-order valence-electron chi connectivity index (χ3n) is 5.40. The van der Waals surface area contributed by atoms with Crippen molar-refractivity contribution in [3.63, 3.8) is 0 Å². The van der Waals surface area contributed by atoms with Crippen LogP contribution in [0.25, 0.3) is 6.08 Å². The van der Waals surface area contributed by atoms with Crippen molar-refractivity contribution in [2.24, 2.45) is 0 Å². The first-order chi connectivity index (χ1) is 17.2. The molecule has 2 N–H and O–H groups in total. The van der Waals surface area contributed by atoms with Crippen LogP contribution in [0.4, 0.5) is 4.79 Å². The second kappa shape index (κ2) is 10.7. The Morgan fingerprint density at radius 1 is 1.03 bits per heavy atom. The summed E-state index contributed by atoms with van der Waals surface area (Å²) in [6, 6.07) is 15.7. The zero-order chi connectivity index (χ0) is 25.8. The number of rotatable bonds is 8. The van der Waals surface area contributed by atoms with E-state index in [9.17, 15) is 14.4 Å². The standard InChI is InChI=1S/C26H20Cl2N2O6/c1-35-23-11-16(4-9-22(23)36-14-15-2-5-17(6-3-15)25(32)33)10-21-24(31)30(26(34)29-21)13-18-7-8-19(27)12-20(18)28/h2-12H,13-14H2,1H3,(H,29,34)(H,32,33)/b21-10-. The lowest BCUT2D eigenvalue weighted by atomic mass is 10.1. The number of carbonyl (C=O) groups excluding carboxylic acids is 2. The number of hydrogen-bond donors (Lipinski definition) is 2. The lowest BCUT2D eigenvalue weighted by Crippen LogP contribution is -2.30. The first-order valence-corrected chi connectivity index (χ1v) is 11.4. The van der Waals surface area contributed by atoms with Crippen molar-refractivity contribution in [1.29, 1.82) is 0 Å². The van der Waals surface area contributed by atoms with Gasteiger partial charge in [-0.3, -0.25) is 9.69 Å². The van der Waals surface area contributed by atoms with Gasteiger partial charge in [-0.05, 0) is 59.2 Å². The molecule has 1 saturated heterocycles. The molecule has 0 aliphatic carbocycles. The Balaban J connectivity index is 1.47. The number of benzene rings is 3. The highest BCUT2D eigenvalue weighted by atomic mass is 35.5. The number of carbonyl (C=O) groups is 3. The van der Waals surface area contributed by atoms with Gasteiger partial charge in [0.05, 0.1) is 19.2 Å². The van der Waals surface area contributed by atoms with Crippen molar-refractivity contribution in [3.8, 4) is 11.5 Å². The molecule has 184 valence electrons. The quantitative estimate of drug-likeness (QED) is 0.302. The van der Waals surface area contributed by atoms with E-state index in [1.54, 1.807) is 54.6 Å². The SMILES string of the molecule is COc1cc(/C=C2\NC(=O)N(Cc3ccc(Cl)cc3Cl)C2=O)ccc1OCc1ccc(C(=O)O)cc1. The van der Waals surface area contributed by atoms with E-state index in [4.69, 9.17) is 37.8 Å². The molecule has 1 heterocycles. The summed E-state index contributed by atoms with van der Waals surface area (Å²) in [6.07, 6.45) is 1.54. The molecule has 0 aromatic heterocycles. The number of ether oxygens (including phenoxy) is 2. The second-order valence-electron chi connectivity index (χ2n) is 7.82. The molecule has 3 aromatic carbocycles. The van der Waals surface area contributed by atoms with Crippen molar-refractivity contribution < 1.29 is 29.0 Å². The summed E-state index contributed by atoms with van der Waals surface area (Å²) in [7, 11) is 1.49. The van der Waals surface area contributed by atoms with Gasteiger partial charge in [0.15, 0.2) is 11.5 Å². The normalized spacial score (nSPS) is 14.2. The number of methoxy groups -OCH3 is 1. The van der Waals surface area contributed by atoms with Gasteiger partial charge in [0.25, 0.3) is 5.91 Å². The summed E-state index contributed by atoms with van der Waals surface area (Å²) in [5, 5.41) is 12.4. The van der Waals surface area contributed by atoms with Gasteiger partial charge in [-0.2, -0.15) is 0 Å². The number of imide groups is 1. The van der Waals surface area contributed by atoms with Gasteiger partial charge in [-0.15, -0.1) is 0 Å². The summed E-state index contributed by atoms with van der Waals surface area (Å²) in [5.41, 5.74) is 2.29. The lowest BCUT2D eigenvalue weighted by molar-refractivity contribution is -0.123. The van der Waals surface area contributed by atoms with Crippen LogP contribution in [0.15, 0.2) is 66.4 Å². The summed E-state index contributed by atoms with van der Waals surface area (Å²) in [5.74, 6) is -0.603. The molecule has 0 radical (unpaired) electrons. The van der Waals surface area contributed by atoms with Gasteiger partial charge < -0.3 is 19.9 Å². The average Bonchev–Trinajstić information content (AvgIpc) is 3.12. The molecule has 4 rings (SSSR count). The average molecular weight is 527 g/mol. The van der Waals surface area contributed by atoms with Crippen LogP contribution in [0.3, 0.4) is 0 Å². The molecule has 1 aliphatic rings. The van der Waals surface area contributed by atoms with E-state index >= 15 is 0 Å². The van der Waals surface area contributed by atoms with Crippen molar-refractivity contribution in [2.75, 3.05) is 7.11 Å². The maximum Gasteiger partial charge on any atom is 0.335 e. The van der Waals surface area contributed by atoms with Gasteiger partial charge in [0.1, 0.15) is 12.3 Å². The van der Waals surface area contributed by atoms with Crippen molar-refractivity contribution in [1.82, 2.24) is 10.2 Å². The van der Waals surface area contributed by atoms with Gasteiger partial charge in [-0.1, -0.05) is 47.5 Å². The second-order valence-corrected chi connectivity index (χ2v) is 8.66. The Morgan fingerprint density at radius 3 is 2.44 bits per heavy atom. The highest BCUT2D eigenvalue weighted by Gasteiger charge is 2.34. The van der Waals surface area contributed by atoms with Crippen molar-refractivity contribution >= 4 is 47.2 Å². The number of urea groups is 1. The van der Waals surface area contributed by atoms with E-state index in [0.717, 1.165) is 10.5 Å². The number of carboxylic acids is 1. The molecule has 36 heavy (non-hydrogen) atoms. The fourth-order valence-electron chi connectivity index (χ4n) is 3.50. The van der Waals surface area contributed by atoms with Crippen LogP contribution in [0.2, 0.25) is 10.0 Å². The molecule has 1 fully saturated rings. The predicted molar refractivity (Wildman–Crippen MR) is 134 cm³/mol. The molecule has 0 bridgehead atoms. The van der Waals surface area contributed by atoms with E-state index in [1.807, 2.05) is 0 Å². The molecule has 0 atom stereocenters. The number of hydrogen-bond acceptors (Lipinski definition) is 5. The number of aromatic carboxylic acids is 1. The number of halogens is 2. The number of nitrogens with zero attached hydrogens (tertiary/aromatic N) is 1. The Hall–Kier alpha value is -4.01. The highest BCUT2D eigenvalue weighted by molar-refractivity contribution is 6.35. The zero-order valence-corrected chi connectivity index (χ0v) is 20.5. The Morgan fingerprint density at radius 2 is 1.78 bits per heavy atom. The fraction of sp³-hybridized carbons (Fsp3) is 0.115. The fourth-order valence-corrected chi connectivity index (χ4v) is 3.97. The first kappa shape index (κ1) is 25.1. The summed E-state index contributed by atoms with van der Waals surface area (Å²) in [4.78, 5) is 37.3. The number of carboxylic acid groups (broad SMARTS) is 1. The van der Waals surface area contributed by atoms with Crippen LogP contribution >= 0.6 is 23.2 Å². The maximum absolute atomic E-state index is 12.9. The van der Waals surface area contributed by atoms with Crippen LogP contribution in [-0.2, 0) is 17.9 Å². The predicted octanol–water partition coefficient (Wildman–Crippen LogP) is 5.37. The molecule has 0 unspecified atom stereocenters. The van der Waals surface area contributed by atoms with Crippen LogP contribution < -0.4 is 14.8 Å². The molecular weight excluding hydrogens is 507 g/mol. The molecule has 0 spiro atoms. The third kappa shape index (κ3) is 5.62. The van der Waals surface area contributed by atoms with E-state index < -0.39 is 17.9 Å². The monoisotopic (exact) mass is 526 g/mol. The van der Waals surface area contributed by atoms with Gasteiger partial charge >= 0.3 is 12.0 Å². The number of nitrogens with one attached hydrogen (secondary N) is 1. The summed E-state index contributed by atoms with van der Waals surface area (Å²) >= 11 is 12.1. The molecule has 0 saturated carbocycles. The summed E-state index contributed by atoms with van der Waals surface area (Å²) in [6.45, 7) is 0.203. The molecule has 3 aromatic rings. The van der Waals surface area contributed by atoms with E-state index in [1.165, 1.54) is 19.2 Å². The maximum atomic E-state index is 12.9. The minimum absolute atomic E-state index is 0.00154. The Kier molecular flexibility index (Phi) is 7.47. The first-order valence-electron chi connectivity index (χ1n) is 10.7. The van der Waals surface area contributed by atoms with E-state index in [2.05, 4.69) is 5.32 Å². The van der Waals surface area contributed by atoms with Crippen LogP contribution in [0, 0.1) is 0 Å². The minimum atomic E-state index is -0.998. The van der Waals surface area contributed by atoms with Crippen LogP contribution in [-0.4, -0.2) is 35.0 Å². The van der Waals surface area contributed by atoms with Crippen molar-refractivity contribution in [2.45, 2.75) is 13.2 Å². The van der Waals surface area contributed by atoms with E-state index in [0.29, 0.717) is 32.7 Å². The van der Waals surface area contributed by atoms with Crippen LogP contribution in [0.5, 0.6) is 11.5 Å². The Labute approximate surface area is 216 Å². The molecule has 1 aliphatic heterocycles.